The lowest BCUT2D eigenvalue weighted by Crippen LogP contribution is -2.11. The highest BCUT2D eigenvalue weighted by Crippen LogP contribution is 2.31. The molecule has 2 aromatic carbocycles. The summed E-state index contributed by atoms with van der Waals surface area (Å²) >= 11 is 0. The lowest BCUT2D eigenvalue weighted by Gasteiger charge is -2.12. The van der Waals surface area contributed by atoms with Crippen LogP contribution in [0, 0.1) is 0 Å². The number of methoxy groups -OCH3 is 1. The molecule has 0 aliphatic heterocycles. The predicted molar refractivity (Wildman–Crippen MR) is 109 cm³/mol. The summed E-state index contributed by atoms with van der Waals surface area (Å²) in [5.41, 5.74) is 2.12. The lowest BCUT2D eigenvalue weighted by molar-refractivity contribution is 0.0725. The summed E-state index contributed by atoms with van der Waals surface area (Å²) in [6, 6.07) is 18.0. The smallest absolute Gasteiger partial charge is 0.347 e. The van der Waals surface area contributed by atoms with Crippen molar-refractivity contribution in [1.82, 2.24) is 4.98 Å². The molecule has 0 N–H and O–H groups in total. The Kier molecular flexibility index (Phi) is 6.41. The van der Waals surface area contributed by atoms with Gasteiger partial charge in [-0.25, -0.2) is 4.79 Å². The Labute approximate surface area is 164 Å². The van der Waals surface area contributed by atoms with Crippen LogP contribution in [-0.2, 0) is 0 Å². The van der Waals surface area contributed by atoms with Crippen LogP contribution < -0.4 is 14.2 Å². The highest BCUT2D eigenvalue weighted by atomic mass is 16.6. The van der Waals surface area contributed by atoms with Crippen LogP contribution in [0.25, 0.3) is 12.2 Å². The number of ether oxygens (including phenoxy) is 3. The SMILES string of the molecule is CCOc1cc(/C=C/c2ccccn2)ccc1OC(=O)c1ccccc1OC. The van der Waals surface area contributed by atoms with Crippen LogP contribution >= 0.6 is 0 Å². The Morgan fingerprint density at radius 1 is 0.964 bits per heavy atom. The van der Waals surface area contributed by atoms with E-state index in [0.29, 0.717) is 29.4 Å². The monoisotopic (exact) mass is 375 g/mol. The van der Waals surface area contributed by atoms with Crippen molar-refractivity contribution in [2.75, 3.05) is 13.7 Å². The molecule has 0 saturated heterocycles. The van der Waals surface area contributed by atoms with Gasteiger partial charge in [-0.2, -0.15) is 0 Å². The second-order valence-electron chi connectivity index (χ2n) is 5.82. The number of rotatable bonds is 7. The largest absolute Gasteiger partial charge is 0.496 e. The standard InChI is InChI=1S/C23H21NO4/c1-3-27-22-16-17(11-13-18-8-6-7-15-24-18)12-14-21(22)28-23(25)19-9-4-5-10-20(19)26-2/h4-16H,3H2,1-2H3/b13-11+. The molecule has 0 bridgehead atoms. The van der Waals surface area contributed by atoms with Crippen LogP contribution in [0.1, 0.15) is 28.5 Å². The molecule has 1 heterocycles. The van der Waals surface area contributed by atoms with E-state index in [1.807, 2.05) is 49.4 Å². The molecule has 3 rings (SSSR count). The van der Waals surface area contributed by atoms with Gasteiger partial charge < -0.3 is 14.2 Å². The van der Waals surface area contributed by atoms with Crippen molar-refractivity contribution in [3.8, 4) is 17.2 Å². The number of aromatic nitrogens is 1. The summed E-state index contributed by atoms with van der Waals surface area (Å²) in [5.74, 6) is 0.803. The van der Waals surface area contributed by atoms with Gasteiger partial charge in [-0.3, -0.25) is 4.98 Å². The van der Waals surface area contributed by atoms with Crippen LogP contribution in [0.2, 0.25) is 0 Å². The van der Waals surface area contributed by atoms with Crippen LogP contribution in [0.15, 0.2) is 66.9 Å². The molecule has 5 heteroatoms. The van der Waals surface area contributed by atoms with Crippen molar-refractivity contribution in [1.29, 1.82) is 0 Å². The molecule has 0 amide bonds. The van der Waals surface area contributed by atoms with Crippen molar-refractivity contribution >= 4 is 18.1 Å². The summed E-state index contributed by atoms with van der Waals surface area (Å²) in [4.78, 5) is 16.8. The van der Waals surface area contributed by atoms with Gasteiger partial charge in [0.05, 0.1) is 19.4 Å². The molecule has 0 atom stereocenters. The molecule has 142 valence electrons. The molecular formula is C23H21NO4. The van der Waals surface area contributed by atoms with Crippen molar-refractivity contribution < 1.29 is 19.0 Å². The maximum atomic E-state index is 12.6. The summed E-state index contributed by atoms with van der Waals surface area (Å²) in [7, 11) is 1.51. The van der Waals surface area contributed by atoms with E-state index < -0.39 is 5.97 Å². The summed E-state index contributed by atoms with van der Waals surface area (Å²) in [6.07, 6.45) is 5.58. The number of esters is 1. The maximum absolute atomic E-state index is 12.6. The van der Waals surface area contributed by atoms with E-state index in [-0.39, 0.29) is 0 Å². The number of hydrogen-bond acceptors (Lipinski definition) is 5. The van der Waals surface area contributed by atoms with Crippen molar-refractivity contribution in [3.05, 3.63) is 83.7 Å². The van der Waals surface area contributed by atoms with Gasteiger partial charge in [0.15, 0.2) is 11.5 Å². The fraction of sp³-hybridized carbons (Fsp3) is 0.130. The van der Waals surface area contributed by atoms with Gasteiger partial charge in [0.1, 0.15) is 11.3 Å². The molecule has 0 aliphatic carbocycles. The van der Waals surface area contributed by atoms with Gasteiger partial charge in [-0.1, -0.05) is 30.3 Å². The number of nitrogens with zero attached hydrogens (tertiary/aromatic N) is 1. The van der Waals surface area contributed by atoms with E-state index in [1.165, 1.54) is 7.11 Å². The van der Waals surface area contributed by atoms with Gasteiger partial charge in [0, 0.05) is 6.20 Å². The molecule has 5 nitrogen and oxygen atoms in total. The summed E-state index contributed by atoms with van der Waals surface area (Å²) in [6.45, 7) is 2.33. The topological polar surface area (TPSA) is 57.7 Å². The molecule has 0 aliphatic rings. The minimum Gasteiger partial charge on any atom is -0.496 e. The quantitative estimate of drug-likeness (QED) is 0.435. The number of pyridine rings is 1. The Morgan fingerprint density at radius 2 is 1.79 bits per heavy atom. The van der Waals surface area contributed by atoms with Crippen LogP contribution in [-0.4, -0.2) is 24.7 Å². The van der Waals surface area contributed by atoms with Gasteiger partial charge in [0.25, 0.3) is 0 Å². The predicted octanol–water partition coefficient (Wildman–Crippen LogP) is 4.88. The Hall–Kier alpha value is -3.60. The number of benzene rings is 2. The second-order valence-corrected chi connectivity index (χ2v) is 5.82. The van der Waals surface area contributed by atoms with Crippen molar-refractivity contribution in [3.63, 3.8) is 0 Å². The van der Waals surface area contributed by atoms with E-state index in [0.717, 1.165) is 11.3 Å². The third-order valence-electron chi connectivity index (χ3n) is 3.93. The third kappa shape index (κ3) is 4.76. The van der Waals surface area contributed by atoms with Gasteiger partial charge >= 0.3 is 5.97 Å². The lowest BCUT2D eigenvalue weighted by atomic mass is 10.1. The molecule has 0 spiro atoms. The van der Waals surface area contributed by atoms with E-state index in [1.54, 1.807) is 36.5 Å². The first kappa shape index (κ1) is 19.2. The molecule has 0 saturated carbocycles. The van der Waals surface area contributed by atoms with Crippen LogP contribution in [0.3, 0.4) is 0 Å². The van der Waals surface area contributed by atoms with Crippen LogP contribution in [0.5, 0.6) is 17.2 Å². The minimum atomic E-state index is -0.504. The van der Waals surface area contributed by atoms with Gasteiger partial charge in [0.2, 0.25) is 0 Å². The fourth-order valence-corrected chi connectivity index (χ4v) is 2.61. The number of para-hydroxylation sites is 1. The summed E-state index contributed by atoms with van der Waals surface area (Å²) in [5, 5.41) is 0. The first-order valence-electron chi connectivity index (χ1n) is 8.92. The molecule has 1 aromatic heterocycles. The van der Waals surface area contributed by atoms with Gasteiger partial charge in [-0.05, 0) is 55.0 Å². The first-order chi connectivity index (χ1) is 13.7. The molecule has 0 unspecified atom stereocenters. The average Bonchev–Trinajstić information content (AvgIpc) is 2.74. The fourth-order valence-electron chi connectivity index (χ4n) is 2.61. The van der Waals surface area contributed by atoms with Crippen molar-refractivity contribution in [2.24, 2.45) is 0 Å². The maximum Gasteiger partial charge on any atom is 0.347 e. The number of carbonyl (C=O) groups excluding carboxylic acids is 1. The Balaban J connectivity index is 1.83. The summed E-state index contributed by atoms with van der Waals surface area (Å²) < 4.78 is 16.5. The zero-order chi connectivity index (χ0) is 19.8. The molecule has 0 radical (unpaired) electrons. The molecule has 28 heavy (non-hydrogen) atoms. The minimum absolute atomic E-state index is 0.353. The average molecular weight is 375 g/mol. The van der Waals surface area contributed by atoms with Gasteiger partial charge in [-0.15, -0.1) is 0 Å². The first-order valence-corrected chi connectivity index (χ1v) is 8.92. The number of hydrogen-bond donors (Lipinski definition) is 0. The van der Waals surface area contributed by atoms with E-state index in [9.17, 15) is 4.79 Å². The second kappa shape index (κ2) is 9.37. The Morgan fingerprint density at radius 3 is 2.54 bits per heavy atom. The van der Waals surface area contributed by atoms with E-state index in [4.69, 9.17) is 14.2 Å². The highest BCUT2D eigenvalue weighted by molar-refractivity contribution is 5.94. The third-order valence-corrected chi connectivity index (χ3v) is 3.93. The van der Waals surface area contributed by atoms with E-state index >= 15 is 0 Å². The van der Waals surface area contributed by atoms with Crippen molar-refractivity contribution in [2.45, 2.75) is 6.92 Å². The Bertz CT molecular complexity index is 967. The molecule has 3 aromatic rings. The zero-order valence-electron chi connectivity index (χ0n) is 15.8. The molecular weight excluding hydrogens is 354 g/mol. The number of carbonyl (C=O) groups is 1. The van der Waals surface area contributed by atoms with E-state index in [2.05, 4.69) is 4.98 Å². The zero-order valence-corrected chi connectivity index (χ0v) is 15.8. The molecule has 0 fully saturated rings. The normalized spacial score (nSPS) is 10.6. The highest BCUT2D eigenvalue weighted by Gasteiger charge is 2.16. The van der Waals surface area contributed by atoms with Crippen LogP contribution in [0.4, 0.5) is 0 Å².